The van der Waals surface area contributed by atoms with Gasteiger partial charge < -0.3 is 10.2 Å². The van der Waals surface area contributed by atoms with Crippen molar-refractivity contribution in [2.45, 2.75) is 25.9 Å². The van der Waals surface area contributed by atoms with E-state index >= 15 is 0 Å². The molecule has 4 rings (SSSR count). The Kier molecular flexibility index (Phi) is 5.72. The van der Waals surface area contributed by atoms with E-state index < -0.39 is 0 Å². The maximum Gasteiger partial charge on any atom is 0.224 e. The van der Waals surface area contributed by atoms with Crippen LogP contribution in [0.2, 0.25) is 0 Å². The Morgan fingerprint density at radius 1 is 1.00 bits per heavy atom. The van der Waals surface area contributed by atoms with Crippen LogP contribution in [0.3, 0.4) is 0 Å². The zero-order valence-electron chi connectivity index (χ0n) is 15.6. The summed E-state index contributed by atoms with van der Waals surface area (Å²) >= 11 is 3.40. The van der Waals surface area contributed by atoms with Gasteiger partial charge >= 0.3 is 0 Å². The van der Waals surface area contributed by atoms with Crippen LogP contribution in [0, 0.1) is 0 Å². The molecule has 0 spiro atoms. The van der Waals surface area contributed by atoms with Crippen LogP contribution in [0.1, 0.15) is 22.3 Å². The predicted molar refractivity (Wildman–Crippen MR) is 115 cm³/mol. The van der Waals surface area contributed by atoms with Crippen molar-refractivity contribution in [3.63, 3.8) is 0 Å². The zero-order valence-corrected chi connectivity index (χ0v) is 17.2. The first kappa shape index (κ1) is 18.7. The highest BCUT2D eigenvalue weighted by Gasteiger charge is 2.16. The Balaban J connectivity index is 1.31. The molecule has 0 bridgehead atoms. The molecule has 0 saturated carbocycles. The van der Waals surface area contributed by atoms with Gasteiger partial charge in [-0.15, -0.1) is 0 Å². The molecule has 0 aliphatic carbocycles. The molecule has 1 aromatic heterocycles. The number of carbonyl (C=O) groups is 1. The Morgan fingerprint density at radius 2 is 1.75 bits per heavy atom. The molecule has 1 N–H and O–H groups in total. The van der Waals surface area contributed by atoms with Gasteiger partial charge in [0.25, 0.3) is 0 Å². The summed E-state index contributed by atoms with van der Waals surface area (Å²) in [6.07, 6.45) is 3.29. The molecule has 142 valence electrons. The number of hydrogen-bond donors (Lipinski definition) is 1. The van der Waals surface area contributed by atoms with Crippen LogP contribution in [-0.4, -0.2) is 17.4 Å². The Bertz CT molecular complexity index is 954. The summed E-state index contributed by atoms with van der Waals surface area (Å²) in [4.78, 5) is 19.1. The first-order chi connectivity index (χ1) is 13.7. The summed E-state index contributed by atoms with van der Waals surface area (Å²) in [5.74, 6) is 0.999. The van der Waals surface area contributed by atoms with Crippen molar-refractivity contribution in [3.05, 3.63) is 93.6 Å². The largest absolute Gasteiger partial charge is 0.352 e. The number of halogens is 1. The van der Waals surface area contributed by atoms with Crippen molar-refractivity contribution in [2.75, 3.05) is 11.4 Å². The Hall–Kier alpha value is -2.66. The fourth-order valence-corrected chi connectivity index (χ4v) is 3.71. The maximum absolute atomic E-state index is 12.2. The number of pyridine rings is 1. The first-order valence-corrected chi connectivity index (χ1v) is 10.2. The van der Waals surface area contributed by atoms with E-state index in [4.69, 9.17) is 0 Å². The Labute approximate surface area is 173 Å². The third kappa shape index (κ3) is 4.60. The van der Waals surface area contributed by atoms with E-state index in [2.05, 4.69) is 55.4 Å². The van der Waals surface area contributed by atoms with Crippen LogP contribution in [0.25, 0.3) is 0 Å². The van der Waals surface area contributed by atoms with Gasteiger partial charge in [0.1, 0.15) is 5.82 Å². The van der Waals surface area contributed by atoms with Gasteiger partial charge in [0.15, 0.2) is 0 Å². The van der Waals surface area contributed by atoms with E-state index in [1.807, 2.05) is 42.6 Å². The van der Waals surface area contributed by atoms with E-state index in [1.165, 1.54) is 11.1 Å². The smallest absolute Gasteiger partial charge is 0.224 e. The standard InChI is InChI=1S/C23H22BrN3O/c24-21-8-5-17(6-9-21)13-23(28)26-15-18-7-10-22(25-14-18)27-12-11-19-3-1-2-4-20(19)16-27/h1-10,14H,11-13,15-16H2,(H,26,28). The van der Waals surface area contributed by atoms with Crippen molar-refractivity contribution in [2.24, 2.45) is 0 Å². The molecule has 0 radical (unpaired) electrons. The lowest BCUT2D eigenvalue weighted by molar-refractivity contribution is -0.120. The number of rotatable bonds is 5. The molecule has 3 aromatic rings. The Morgan fingerprint density at radius 3 is 2.50 bits per heavy atom. The lowest BCUT2D eigenvalue weighted by atomic mass is 10.00. The quantitative estimate of drug-likeness (QED) is 0.650. The fraction of sp³-hybridized carbons (Fsp3) is 0.217. The van der Waals surface area contributed by atoms with Crippen LogP contribution in [0.4, 0.5) is 5.82 Å². The molecule has 0 atom stereocenters. The number of anilines is 1. The topological polar surface area (TPSA) is 45.2 Å². The second-order valence-corrected chi connectivity index (χ2v) is 7.96. The molecular formula is C23H22BrN3O. The monoisotopic (exact) mass is 435 g/mol. The van der Waals surface area contributed by atoms with Crippen LogP contribution in [0.5, 0.6) is 0 Å². The average molecular weight is 436 g/mol. The van der Waals surface area contributed by atoms with Gasteiger partial charge in [-0.3, -0.25) is 4.79 Å². The number of carbonyl (C=O) groups excluding carboxylic acids is 1. The van der Waals surface area contributed by atoms with E-state index in [9.17, 15) is 4.79 Å². The van der Waals surface area contributed by atoms with Crippen LogP contribution in [-0.2, 0) is 30.7 Å². The van der Waals surface area contributed by atoms with E-state index in [1.54, 1.807) is 0 Å². The fourth-order valence-electron chi connectivity index (χ4n) is 3.45. The van der Waals surface area contributed by atoms with E-state index in [-0.39, 0.29) is 5.91 Å². The number of hydrogen-bond acceptors (Lipinski definition) is 3. The van der Waals surface area contributed by atoms with Crippen molar-refractivity contribution >= 4 is 27.7 Å². The molecule has 0 fully saturated rings. The number of nitrogens with zero attached hydrogens (tertiary/aromatic N) is 2. The lowest BCUT2D eigenvalue weighted by Crippen LogP contribution is -2.31. The average Bonchev–Trinajstić information content (AvgIpc) is 2.74. The van der Waals surface area contributed by atoms with Crippen molar-refractivity contribution in [3.8, 4) is 0 Å². The van der Waals surface area contributed by atoms with Gasteiger partial charge in [0, 0.05) is 30.3 Å². The molecule has 1 aliphatic rings. The maximum atomic E-state index is 12.2. The predicted octanol–water partition coefficient (Wildman–Crippen LogP) is 4.27. The molecule has 0 unspecified atom stereocenters. The van der Waals surface area contributed by atoms with Crippen LogP contribution in [0.15, 0.2) is 71.3 Å². The SMILES string of the molecule is O=C(Cc1ccc(Br)cc1)NCc1ccc(N2CCc3ccccc3C2)nc1. The summed E-state index contributed by atoms with van der Waals surface area (Å²) in [5, 5.41) is 2.97. The summed E-state index contributed by atoms with van der Waals surface area (Å²) in [7, 11) is 0. The summed E-state index contributed by atoms with van der Waals surface area (Å²) in [5.41, 5.74) is 4.81. The third-order valence-electron chi connectivity index (χ3n) is 5.03. The number of fused-ring (bicyclic) bond motifs is 1. The van der Waals surface area contributed by atoms with Gasteiger partial charge in [-0.2, -0.15) is 0 Å². The number of nitrogens with one attached hydrogen (secondary N) is 1. The molecular weight excluding hydrogens is 414 g/mol. The first-order valence-electron chi connectivity index (χ1n) is 9.45. The number of amides is 1. The van der Waals surface area contributed by atoms with Crippen LogP contribution >= 0.6 is 15.9 Å². The molecule has 0 saturated heterocycles. The number of aromatic nitrogens is 1. The van der Waals surface area contributed by atoms with Crippen molar-refractivity contribution in [1.29, 1.82) is 0 Å². The summed E-state index contributed by atoms with van der Waals surface area (Å²) in [6, 6.07) is 20.5. The highest BCUT2D eigenvalue weighted by Crippen LogP contribution is 2.23. The normalized spacial score (nSPS) is 13.1. The molecule has 4 nitrogen and oxygen atoms in total. The van der Waals surface area contributed by atoms with Crippen LogP contribution < -0.4 is 10.2 Å². The zero-order chi connectivity index (χ0) is 19.3. The second-order valence-electron chi connectivity index (χ2n) is 7.04. The minimum atomic E-state index is 0.0130. The lowest BCUT2D eigenvalue weighted by Gasteiger charge is -2.29. The minimum Gasteiger partial charge on any atom is -0.352 e. The highest BCUT2D eigenvalue weighted by atomic mass is 79.9. The highest BCUT2D eigenvalue weighted by molar-refractivity contribution is 9.10. The van der Waals surface area contributed by atoms with Gasteiger partial charge in [-0.05, 0) is 46.9 Å². The number of benzene rings is 2. The molecule has 1 amide bonds. The van der Waals surface area contributed by atoms with E-state index in [0.29, 0.717) is 13.0 Å². The third-order valence-corrected chi connectivity index (χ3v) is 5.56. The minimum absolute atomic E-state index is 0.0130. The van der Waals surface area contributed by atoms with Gasteiger partial charge in [0.2, 0.25) is 5.91 Å². The molecule has 1 aliphatic heterocycles. The molecule has 28 heavy (non-hydrogen) atoms. The van der Waals surface area contributed by atoms with Gasteiger partial charge in [-0.25, -0.2) is 4.98 Å². The van der Waals surface area contributed by atoms with Crippen molar-refractivity contribution < 1.29 is 4.79 Å². The van der Waals surface area contributed by atoms with Gasteiger partial charge in [-0.1, -0.05) is 58.4 Å². The molecule has 2 heterocycles. The summed E-state index contributed by atoms with van der Waals surface area (Å²) in [6.45, 7) is 2.37. The summed E-state index contributed by atoms with van der Waals surface area (Å²) < 4.78 is 1.01. The van der Waals surface area contributed by atoms with Crippen molar-refractivity contribution in [1.82, 2.24) is 10.3 Å². The second kappa shape index (κ2) is 8.57. The van der Waals surface area contributed by atoms with Gasteiger partial charge in [0.05, 0.1) is 6.42 Å². The van der Waals surface area contributed by atoms with E-state index in [0.717, 1.165) is 40.9 Å². The molecule has 5 heteroatoms. The molecule has 2 aromatic carbocycles.